The van der Waals surface area contributed by atoms with Crippen molar-refractivity contribution in [2.45, 2.75) is 32.2 Å². The van der Waals surface area contributed by atoms with E-state index in [1.807, 2.05) is 38.1 Å². The number of carbonyl (C=O) groups is 1. The van der Waals surface area contributed by atoms with Crippen molar-refractivity contribution in [3.63, 3.8) is 0 Å². The largest absolute Gasteiger partial charge is 0.350 e. The van der Waals surface area contributed by atoms with Crippen LogP contribution in [0.1, 0.15) is 25.8 Å². The maximum Gasteiger partial charge on any atom is 0.220 e. The molecule has 1 aromatic rings. The van der Waals surface area contributed by atoms with E-state index in [-0.39, 0.29) is 23.9 Å². The topological polar surface area (TPSA) is 55.1 Å². The second-order valence-electron chi connectivity index (χ2n) is 4.73. The van der Waals surface area contributed by atoms with E-state index in [4.69, 9.17) is 5.73 Å². The fourth-order valence-corrected chi connectivity index (χ4v) is 1.92. The molecule has 1 amide bonds. The van der Waals surface area contributed by atoms with Crippen LogP contribution < -0.4 is 11.1 Å². The maximum atomic E-state index is 11.7. The molecule has 1 rings (SSSR count). The molecule has 3 nitrogen and oxygen atoms in total. The van der Waals surface area contributed by atoms with Gasteiger partial charge in [-0.05, 0) is 31.9 Å². The molecule has 5 heteroatoms. The van der Waals surface area contributed by atoms with Gasteiger partial charge in [0.05, 0.1) is 0 Å². The molecule has 0 bridgehead atoms. The highest BCUT2D eigenvalue weighted by atomic mass is 79.9. The Balaban J connectivity index is 0.00000289. The molecule has 0 fully saturated rings. The lowest BCUT2D eigenvalue weighted by atomic mass is 10.0. The van der Waals surface area contributed by atoms with Gasteiger partial charge in [0.2, 0.25) is 5.91 Å². The fraction of sp³-hybridized carbons (Fsp3) is 0.462. The van der Waals surface area contributed by atoms with Crippen LogP contribution in [0, 0.1) is 0 Å². The van der Waals surface area contributed by atoms with E-state index < -0.39 is 0 Å². The number of halogens is 2. The summed E-state index contributed by atoms with van der Waals surface area (Å²) in [5, 5.41) is 2.92. The number of carbonyl (C=O) groups excluding carboxylic acids is 1. The summed E-state index contributed by atoms with van der Waals surface area (Å²) in [6, 6.07) is 7.94. The standard InChI is InChI=1S/C13H19BrN2O.ClH/c1-13(2,9-15)16-12(17)8-7-10-5-3-4-6-11(10)14;/h3-6H,7-9,15H2,1-2H3,(H,16,17);1H. The van der Waals surface area contributed by atoms with Crippen LogP contribution in [0.25, 0.3) is 0 Å². The van der Waals surface area contributed by atoms with Gasteiger partial charge in [0.1, 0.15) is 0 Å². The van der Waals surface area contributed by atoms with Crippen LogP contribution >= 0.6 is 28.3 Å². The molecule has 3 N–H and O–H groups in total. The van der Waals surface area contributed by atoms with Crippen LogP contribution in [0.15, 0.2) is 28.7 Å². The third-order valence-electron chi connectivity index (χ3n) is 2.57. The molecule has 102 valence electrons. The number of nitrogens with two attached hydrogens (primary N) is 1. The van der Waals surface area contributed by atoms with Gasteiger partial charge in [-0.3, -0.25) is 4.79 Å². The summed E-state index contributed by atoms with van der Waals surface area (Å²) >= 11 is 3.47. The van der Waals surface area contributed by atoms with E-state index in [2.05, 4.69) is 21.2 Å². The summed E-state index contributed by atoms with van der Waals surface area (Å²) < 4.78 is 1.05. The molecule has 0 radical (unpaired) electrons. The van der Waals surface area contributed by atoms with Crippen molar-refractivity contribution in [1.82, 2.24) is 5.32 Å². The summed E-state index contributed by atoms with van der Waals surface area (Å²) in [5.41, 5.74) is 6.38. The van der Waals surface area contributed by atoms with Gasteiger partial charge in [0, 0.05) is 23.0 Å². The summed E-state index contributed by atoms with van der Waals surface area (Å²) in [5.74, 6) is 0.0382. The van der Waals surface area contributed by atoms with E-state index in [9.17, 15) is 4.79 Å². The average Bonchev–Trinajstić information content (AvgIpc) is 2.27. The number of hydrogen-bond acceptors (Lipinski definition) is 2. The SMILES string of the molecule is CC(C)(CN)NC(=O)CCc1ccccc1Br.Cl. The van der Waals surface area contributed by atoms with Crippen molar-refractivity contribution in [2.75, 3.05) is 6.54 Å². The quantitative estimate of drug-likeness (QED) is 0.869. The second-order valence-corrected chi connectivity index (χ2v) is 5.58. The minimum absolute atomic E-state index is 0. The Bertz CT molecular complexity index is 396. The Morgan fingerprint density at radius 2 is 2.00 bits per heavy atom. The summed E-state index contributed by atoms with van der Waals surface area (Å²) in [6.45, 7) is 4.28. The third-order valence-corrected chi connectivity index (χ3v) is 3.34. The number of benzene rings is 1. The molecule has 0 spiro atoms. The van der Waals surface area contributed by atoms with E-state index in [0.29, 0.717) is 13.0 Å². The van der Waals surface area contributed by atoms with Gasteiger partial charge >= 0.3 is 0 Å². The lowest BCUT2D eigenvalue weighted by molar-refractivity contribution is -0.122. The first-order valence-electron chi connectivity index (χ1n) is 5.69. The van der Waals surface area contributed by atoms with Crippen molar-refractivity contribution in [3.05, 3.63) is 34.3 Å². The number of aryl methyl sites for hydroxylation is 1. The van der Waals surface area contributed by atoms with Gasteiger partial charge in [0.25, 0.3) is 0 Å². The molecule has 0 atom stereocenters. The van der Waals surface area contributed by atoms with Gasteiger partial charge < -0.3 is 11.1 Å². The molecule has 0 saturated heterocycles. The predicted octanol–water partition coefficient (Wildman–Crippen LogP) is 2.66. The van der Waals surface area contributed by atoms with Crippen LogP contribution in [-0.2, 0) is 11.2 Å². The van der Waals surface area contributed by atoms with Gasteiger partial charge in [-0.2, -0.15) is 0 Å². The van der Waals surface area contributed by atoms with E-state index in [0.717, 1.165) is 16.5 Å². The molecule has 0 aliphatic carbocycles. The molecular weight excluding hydrogens is 316 g/mol. The van der Waals surface area contributed by atoms with Crippen LogP contribution in [0.4, 0.5) is 0 Å². The highest BCUT2D eigenvalue weighted by Crippen LogP contribution is 2.17. The third kappa shape index (κ3) is 5.85. The first-order valence-corrected chi connectivity index (χ1v) is 6.48. The number of hydrogen-bond donors (Lipinski definition) is 2. The average molecular weight is 336 g/mol. The molecule has 0 aliphatic rings. The van der Waals surface area contributed by atoms with Crippen molar-refractivity contribution >= 4 is 34.2 Å². The molecule has 1 aromatic carbocycles. The Labute approximate surface area is 123 Å². The Morgan fingerprint density at radius 1 is 1.39 bits per heavy atom. The first kappa shape index (κ1) is 17.4. The Morgan fingerprint density at radius 3 is 2.56 bits per heavy atom. The van der Waals surface area contributed by atoms with Crippen molar-refractivity contribution in [2.24, 2.45) is 5.73 Å². The van der Waals surface area contributed by atoms with Crippen molar-refractivity contribution in [1.29, 1.82) is 0 Å². The van der Waals surface area contributed by atoms with Crippen LogP contribution in [0.5, 0.6) is 0 Å². The summed E-state index contributed by atoms with van der Waals surface area (Å²) in [4.78, 5) is 11.7. The molecule has 0 aromatic heterocycles. The highest BCUT2D eigenvalue weighted by molar-refractivity contribution is 9.10. The molecule has 0 aliphatic heterocycles. The Kier molecular flexibility index (Phi) is 7.52. The molecular formula is C13H20BrClN2O. The summed E-state index contributed by atoms with van der Waals surface area (Å²) in [7, 11) is 0. The molecule has 18 heavy (non-hydrogen) atoms. The van der Waals surface area contributed by atoms with E-state index >= 15 is 0 Å². The minimum atomic E-state index is -0.328. The van der Waals surface area contributed by atoms with Crippen LogP contribution in [0.3, 0.4) is 0 Å². The highest BCUT2D eigenvalue weighted by Gasteiger charge is 2.17. The lowest BCUT2D eigenvalue weighted by Crippen LogP contribution is -2.48. The normalized spacial score (nSPS) is 10.7. The predicted molar refractivity (Wildman–Crippen MR) is 81.0 cm³/mol. The van der Waals surface area contributed by atoms with Gasteiger partial charge in [-0.15, -0.1) is 12.4 Å². The first-order chi connectivity index (χ1) is 7.94. The fourth-order valence-electron chi connectivity index (χ4n) is 1.44. The minimum Gasteiger partial charge on any atom is -0.350 e. The van der Waals surface area contributed by atoms with Crippen molar-refractivity contribution < 1.29 is 4.79 Å². The monoisotopic (exact) mass is 334 g/mol. The maximum absolute atomic E-state index is 11.7. The van der Waals surface area contributed by atoms with Crippen LogP contribution in [-0.4, -0.2) is 18.0 Å². The lowest BCUT2D eigenvalue weighted by Gasteiger charge is -2.24. The van der Waals surface area contributed by atoms with Gasteiger partial charge in [-0.1, -0.05) is 34.1 Å². The van der Waals surface area contributed by atoms with E-state index in [1.54, 1.807) is 0 Å². The van der Waals surface area contributed by atoms with Crippen LogP contribution in [0.2, 0.25) is 0 Å². The summed E-state index contributed by atoms with van der Waals surface area (Å²) in [6.07, 6.45) is 1.21. The Hall–Kier alpha value is -0.580. The van der Waals surface area contributed by atoms with Crippen molar-refractivity contribution in [3.8, 4) is 0 Å². The number of nitrogens with one attached hydrogen (secondary N) is 1. The molecule has 0 heterocycles. The van der Waals surface area contributed by atoms with Gasteiger partial charge in [0.15, 0.2) is 0 Å². The van der Waals surface area contributed by atoms with Gasteiger partial charge in [-0.25, -0.2) is 0 Å². The number of amides is 1. The zero-order chi connectivity index (χ0) is 12.9. The zero-order valence-electron chi connectivity index (χ0n) is 10.7. The zero-order valence-corrected chi connectivity index (χ0v) is 13.1. The number of rotatable bonds is 5. The molecule has 0 saturated carbocycles. The van der Waals surface area contributed by atoms with E-state index in [1.165, 1.54) is 0 Å². The molecule has 0 unspecified atom stereocenters. The second kappa shape index (κ2) is 7.77. The smallest absolute Gasteiger partial charge is 0.220 e.